The van der Waals surface area contributed by atoms with E-state index in [1.807, 2.05) is 6.92 Å². The molecule has 0 heterocycles. The first-order valence-corrected chi connectivity index (χ1v) is 7.10. The van der Waals surface area contributed by atoms with Gasteiger partial charge in [0, 0.05) is 18.5 Å². The Bertz CT molecular complexity index is 488. The molecular formula is C15H21F3N2O2. The van der Waals surface area contributed by atoms with Crippen molar-refractivity contribution in [3.8, 4) is 0 Å². The van der Waals surface area contributed by atoms with Crippen molar-refractivity contribution < 1.29 is 23.1 Å². The molecule has 1 aromatic rings. The SMILES string of the molecule is CCC(CO)NC(C)CC(=O)Nc1ccccc1C(F)(F)F. The summed E-state index contributed by atoms with van der Waals surface area (Å²) in [6.45, 7) is 3.58. The zero-order valence-electron chi connectivity index (χ0n) is 12.6. The lowest BCUT2D eigenvalue weighted by atomic mass is 10.1. The highest BCUT2D eigenvalue weighted by atomic mass is 19.4. The minimum Gasteiger partial charge on any atom is -0.395 e. The summed E-state index contributed by atoms with van der Waals surface area (Å²) in [4.78, 5) is 11.9. The van der Waals surface area contributed by atoms with Gasteiger partial charge in [-0.05, 0) is 25.5 Å². The topological polar surface area (TPSA) is 61.4 Å². The lowest BCUT2D eigenvalue weighted by molar-refractivity contribution is -0.137. The number of anilines is 1. The maximum Gasteiger partial charge on any atom is 0.418 e. The quantitative estimate of drug-likeness (QED) is 0.724. The monoisotopic (exact) mass is 318 g/mol. The van der Waals surface area contributed by atoms with Crippen molar-refractivity contribution in [2.45, 2.75) is 44.9 Å². The molecule has 0 aliphatic heterocycles. The van der Waals surface area contributed by atoms with Crippen LogP contribution in [0.1, 0.15) is 32.3 Å². The lowest BCUT2D eigenvalue weighted by Crippen LogP contribution is -2.40. The third kappa shape index (κ3) is 5.65. The van der Waals surface area contributed by atoms with Crippen LogP contribution in [-0.2, 0) is 11.0 Å². The van der Waals surface area contributed by atoms with E-state index >= 15 is 0 Å². The predicted octanol–water partition coefficient (Wildman–Crippen LogP) is 2.78. The highest BCUT2D eigenvalue weighted by Crippen LogP contribution is 2.34. The van der Waals surface area contributed by atoms with E-state index in [4.69, 9.17) is 5.11 Å². The molecule has 0 bridgehead atoms. The first kappa shape index (κ1) is 18.4. The smallest absolute Gasteiger partial charge is 0.395 e. The number of hydrogen-bond acceptors (Lipinski definition) is 3. The van der Waals surface area contributed by atoms with Gasteiger partial charge in [0.2, 0.25) is 5.91 Å². The van der Waals surface area contributed by atoms with Gasteiger partial charge in [-0.15, -0.1) is 0 Å². The van der Waals surface area contributed by atoms with Crippen LogP contribution in [0, 0.1) is 0 Å². The molecule has 1 aromatic carbocycles. The molecule has 124 valence electrons. The Morgan fingerprint density at radius 3 is 2.50 bits per heavy atom. The first-order valence-electron chi connectivity index (χ1n) is 7.10. The second-order valence-electron chi connectivity index (χ2n) is 5.15. The molecule has 0 aliphatic carbocycles. The third-order valence-electron chi connectivity index (χ3n) is 3.23. The van der Waals surface area contributed by atoms with Gasteiger partial charge in [0.25, 0.3) is 0 Å². The zero-order valence-corrected chi connectivity index (χ0v) is 12.6. The number of halogens is 3. The van der Waals surface area contributed by atoms with E-state index < -0.39 is 17.6 Å². The second-order valence-corrected chi connectivity index (χ2v) is 5.15. The molecule has 1 amide bonds. The Balaban J connectivity index is 2.66. The summed E-state index contributed by atoms with van der Waals surface area (Å²) in [5.74, 6) is -0.510. The summed E-state index contributed by atoms with van der Waals surface area (Å²) in [6, 6.07) is 4.47. The van der Waals surface area contributed by atoms with Crippen LogP contribution in [0.4, 0.5) is 18.9 Å². The molecule has 2 atom stereocenters. The van der Waals surface area contributed by atoms with Gasteiger partial charge >= 0.3 is 6.18 Å². The average Bonchev–Trinajstić information content (AvgIpc) is 2.44. The van der Waals surface area contributed by atoms with Crippen molar-refractivity contribution in [2.24, 2.45) is 0 Å². The number of carbonyl (C=O) groups excluding carboxylic acids is 1. The van der Waals surface area contributed by atoms with Crippen LogP contribution in [0.25, 0.3) is 0 Å². The maximum atomic E-state index is 12.8. The van der Waals surface area contributed by atoms with Crippen LogP contribution in [0.3, 0.4) is 0 Å². The van der Waals surface area contributed by atoms with Crippen LogP contribution < -0.4 is 10.6 Å². The standard InChI is InChI=1S/C15H21F3N2O2/c1-3-11(9-21)19-10(2)8-14(22)20-13-7-5-4-6-12(13)15(16,17)18/h4-7,10-11,19,21H,3,8-9H2,1-2H3,(H,20,22). The molecule has 0 saturated heterocycles. The van der Waals surface area contributed by atoms with Crippen molar-refractivity contribution >= 4 is 11.6 Å². The van der Waals surface area contributed by atoms with Crippen molar-refractivity contribution in [3.63, 3.8) is 0 Å². The number of rotatable bonds is 7. The van der Waals surface area contributed by atoms with E-state index in [1.54, 1.807) is 6.92 Å². The van der Waals surface area contributed by atoms with Crippen LogP contribution in [-0.4, -0.2) is 29.7 Å². The summed E-state index contributed by atoms with van der Waals surface area (Å²) in [5, 5.41) is 14.4. The fraction of sp³-hybridized carbons (Fsp3) is 0.533. The minimum absolute atomic E-state index is 0.0166. The van der Waals surface area contributed by atoms with Crippen molar-refractivity contribution in [1.82, 2.24) is 5.32 Å². The van der Waals surface area contributed by atoms with Gasteiger partial charge in [0.15, 0.2) is 0 Å². The van der Waals surface area contributed by atoms with Gasteiger partial charge in [0.1, 0.15) is 0 Å². The number of aliphatic hydroxyl groups excluding tert-OH is 1. The number of nitrogens with one attached hydrogen (secondary N) is 2. The number of amides is 1. The summed E-state index contributed by atoms with van der Waals surface area (Å²) in [6.07, 6.45) is -3.81. The molecule has 4 nitrogen and oxygen atoms in total. The van der Waals surface area contributed by atoms with Gasteiger partial charge in [-0.25, -0.2) is 0 Å². The Kier molecular flexibility index (Phi) is 6.83. The Labute approximate surface area is 127 Å². The molecule has 1 rings (SSSR count). The lowest BCUT2D eigenvalue weighted by Gasteiger charge is -2.20. The van der Waals surface area contributed by atoms with Gasteiger partial charge < -0.3 is 15.7 Å². The molecule has 0 fully saturated rings. The van der Waals surface area contributed by atoms with Crippen molar-refractivity contribution in [1.29, 1.82) is 0 Å². The van der Waals surface area contributed by atoms with E-state index in [0.29, 0.717) is 6.42 Å². The molecular weight excluding hydrogens is 297 g/mol. The molecule has 22 heavy (non-hydrogen) atoms. The number of hydrogen-bond donors (Lipinski definition) is 3. The van der Waals surface area contributed by atoms with Crippen LogP contribution in [0.2, 0.25) is 0 Å². The summed E-state index contributed by atoms with van der Waals surface area (Å²) in [5.41, 5.74) is -1.12. The van der Waals surface area contributed by atoms with Gasteiger partial charge in [-0.1, -0.05) is 19.1 Å². The fourth-order valence-electron chi connectivity index (χ4n) is 2.08. The predicted molar refractivity (Wildman–Crippen MR) is 78.5 cm³/mol. The first-order chi connectivity index (χ1) is 10.3. The van der Waals surface area contributed by atoms with E-state index in [1.165, 1.54) is 18.2 Å². The largest absolute Gasteiger partial charge is 0.418 e. The van der Waals surface area contributed by atoms with Crippen molar-refractivity contribution in [2.75, 3.05) is 11.9 Å². The van der Waals surface area contributed by atoms with E-state index in [-0.39, 0.29) is 30.8 Å². The summed E-state index contributed by atoms with van der Waals surface area (Å²) in [7, 11) is 0. The molecule has 0 saturated carbocycles. The Hall–Kier alpha value is -1.60. The minimum atomic E-state index is -4.52. The normalized spacial score (nSPS) is 14.5. The van der Waals surface area contributed by atoms with E-state index in [0.717, 1.165) is 6.07 Å². The van der Waals surface area contributed by atoms with Crippen LogP contribution >= 0.6 is 0 Å². The highest BCUT2D eigenvalue weighted by Gasteiger charge is 2.33. The molecule has 0 radical (unpaired) electrons. The fourth-order valence-corrected chi connectivity index (χ4v) is 2.08. The van der Waals surface area contributed by atoms with Gasteiger partial charge in [0.05, 0.1) is 17.9 Å². The number of carbonyl (C=O) groups is 1. The summed E-state index contributed by atoms with van der Waals surface area (Å²) >= 11 is 0. The zero-order chi connectivity index (χ0) is 16.8. The number of alkyl halides is 3. The number of benzene rings is 1. The second kappa shape index (κ2) is 8.14. The summed E-state index contributed by atoms with van der Waals surface area (Å²) < 4.78 is 38.5. The average molecular weight is 318 g/mol. The highest BCUT2D eigenvalue weighted by molar-refractivity contribution is 5.92. The van der Waals surface area contributed by atoms with Crippen LogP contribution in [0.15, 0.2) is 24.3 Å². The molecule has 0 spiro atoms. The number of aliphatic hydroxyl groups is 1. The van der Waals surface area contributed by atoms with Crippen molar-refractivity contribution in [3.05, 3.63) is 29.8 Å². The molecule has 2 unspecified atom stereocenters. The third-order valence-corrected chi connectivity index (χ3v) is 3.23. The van der Waals surface area contributed by atoms with E-state index in [2.05, 4.69) is 10.6 Å². The molecule has 7 heteroatoms. The number of para-hydroxylation sites is 1. The van der Waals surface area contributed by atoms with Crippen LogP contribution in [0.5, 0.6) is 0 Å². The Morgan fingerprint density at radius 1 is 1.32 bits per heavy atom. The maximum absolute atomic E-state index is 12.8. The van der Waals surface area contributed by atoms with Gasteiger partial charge in [-0.2, -0.15) is 13.2 Å². The molecule has 3 N–H and O–H groups in total. The van der Waals surface area contributed by atoms with Gasteiger partial charge in [-0.3, -0.25) is 4.79 Å². The molecule has 0 aliphatic rings. The Morgan fingerprint density at radius 2 is 1.95 bits per heavy atom. The van der Waals surface area contributed by atoms with E-state index in [9.17, 15) is 18.0 Å². The molecule has 0 aromatic heterocycles.